The smallest absolute Gasteiger partial charge is 0.425 e. The molecule has 2 aromatic carbocycles. The molecule has 0 aromatic heterocycles. The van der Waals surface area contributed by atoms with Gasteiger partial charge in [-0.05, 0) is 42.8 Å². The molecule has 0 aliphatic heterocycles. The summed E-state index contributed by atoms with van der Waals surface area (Å²) in [5, 5.41) is 14.3. The first-order valence-electron chi connectivity index (χ1n) is 14.2. The zero-order valence-corrected chi connectivity index (χ0v) is 23.1. The van der Waals surface area contributed by atoms with Gasteiger partial charge in [-0.1, -0.05) is 102 Å². The number of halogens is 1. The molecule has 1 unspecified atom stereocenters. The first-order valence-corrected chi connectivity index (χ1v) is 14.2. The van der Waals surface area contributed by atoms with Gasteiger partial charge in [-0.3, -0.25) is 9.59 Å². The Balaban J connectivity index is 1.63. The van der Waals surface area contributed by atoms with Crippen molar-refractivity contribution in [3.63, 3.8) is 0 Å². The van der Waals surface area contributed by atoms with Crippen molar-refractivity contribution in [1.29, 1.82) is 0 Å². The Labute approximate surface area is 231 Å². The number of carboxylic acids is 1. The molecule has 0 spiro atoms. The summed E-state index contributed by atoms with van der Waals surface area (Å²) in [7, 11) is 0. The van der Waals surface area contributed by atoms with Crippen molar-refractivity contribution >= 4 is 29.2 Å². The number of rotatable bonds is 20. The van der Waals surface area contributed by atoms with Crippen LogP contribution in [-0.2, 0) is 14.4 Å². The van der Waals surface area contributed by atoms with E-state index in [1.54, 1.807) is 18.2 Å². The molecule has 214 valence electrons. The van der Waals surface area contributed by atoms with Crippen molar-refractivity contribution in [3.05, 3.63) is 54.6 Å². The first-order chi connectivity index (χ1) is 18.8. The van der Waals surface area contributed by atoms with Gasteiger partial charge in [-0.15, -0.1) is 0 Å². The molecule has 0 aliphatic rings. The summed E-state index contributed by atoms with van der Waals surface area (Å²) in [5.74, 6) is -7.35. The topological polar surface area (TPSA) is 105 Å². The van der Waals surface area contributed by atoms with E-state index in [1.807, 2.05) is 0 Å². The molecule has 2 aromatic rings. The van der Waals surface area contributed by atoms with Gasteiger partial charge in [-0.25, -0.2) is 4.79 Å². The summed E-state index contributed by atoms with van der Waals surface area (Å²) in [4.78, 5) is 36.1. The van der Waals surface area contributed by atoms with Crippen LogP contribution in [0.1, 0.15) is 96.8 Å². The number of carboxylic acid groups (broad SMARTS) is 1. The van der Waals surface area contributed by atoms with Crippen molar-refractivity contribution in [1.82, 2.24) is 0 Å². The van der Waals surface area contributed by atoms with Gasteiger partial charge in [0.1, 0.15) is 5.75 Å². The Morgan fingerprint density at radius 2 is 1.18 bits per heavy atom. The highest BCUT2D eigenvalue weighted by molar-refractivity contribution is 6.10. The molecular formula is C31H43FN2O5. The van der Waals surface area contributed by atoms with Gasteiger partial charge >= 0.3 is 17.7 Å². The lowest BCUT2D eigenvalue weighted by Crippen LogP contribution is -2.50. The number of amides is 2. The van der Waals surface area contributed by atoms with Gasteiger partial charge in [-0.2, -0.15) is 4.39 Å². The van der Waals surface area contributed by atoms with E-state index in [0.29, 0.717) is 12.1 Å². The predicted octanol–water partition coefficient (Wildman–Crippen LogP) is 7.87. The Hall–Kier alpha value is -3.42. The molecule has 39 heavy (non-hydrogen) atoms. The molecule has 2 amide bonds. The van der Waals surface area contributed by atoms with Gasteiger partial charge in [0.05, 0.1) is 0 Å². The SMILES string of the molecule is CCCCCCCCCCCCCCCC(=O)Nc1ccc(NC(=O)C(F)(Oc2ccccc2)C(=O)O)cc1. The molecule has 3 N–H and O–H groups in total. The number of nitrogens with one attached hydrogen (secondary N) is 2. The largest absolute Gasteiger partial charge is 0.476 e. The maximum atomic E-state index is 15.0. The molecule has 1 atom stereocenters. The number of hydrogen-bond acceptors (Lipinski definition) is 4. The number of carbonyl (C=O) groups excluding carboxylic acids is 2. The molecule has 0 bridgehead atoms. The highest BCUT2D eigenvalue weighted by atomic mass is 19.2. The Kier molecular flexibility index (Phi) is 14.7. The minimum atomic E-state index is -3.61. The number of unbranched alkanes of at least 4 members (excludes halogenated alkanes) is 12. The van der Waals surface area contributed by atoms with Gasteiger partial charge in [0.25, 0.3) is 0 Å². The standard InChI is InChI=1S/C31H43FN2O5/c1-2-3-4-5-6-7-8-9-10-11-12-13-17-20-28(35)33-25-21-23-26(24-22-25)34-29(36)31(32,30(37)38)39-27-18-15-14-16-19-27/h14-16,18-19,21-24H,2-13,17,20H2,1H3,(H,33,35)(H,34,36)(H,37,38). The maximum Gasteiger partial charge on any atom is 0.425 e. The van der Waals surface area contributed by atoms with Crippen LogP contribution in [-0.4, -0.2) is 28.7 Å². The van der Waals surface area contributed by atoms with Crippen molar-refractivity contribution in [3.8, 4) is 5.75 Å². The van der Waals surface area contributed by atoms with Gasteiger partial charge in [0, 0.05) is 17.8 Å². The highest BCUT2D eigenvalue weighted by Crippen LogP contribution is 2.23. The fraction of sp³-hybridized carbons (Fsp3) is 0.516. The second kappa shape index (κ2) is 18.0. The molecule has 0 saturated carbocycles. The molecule has 0 fully saturated rings. The van der Waals surface area contributed by atoms with E-state index in [-0.39, 0.29) is 17.3 Å². The van der Waals surface area contributed by atoms with Crippen molar-refractivity contribution < 1.29 is 28.6 Å². The fourth-order valence-electron chi connectivity index (χ4n) is 4.21. The Bertz CT molecular complexity index is 1000. The molecule has 0 heterocycles. The van der Waals surface area contributed by atoms with Crippen LogP contribution >= 0.6 is 0 Å². The lowest BCUT2D eigenvalue weighted by Gasteiger charge is -2.21. The second-order valence-corrected chi connectivity index (χ2v) is 9.89. The van der Waals surface area contributed by atoms with E-state index in [0.717, 1.165) is 19.3 Å². The summed E-state index contributed by atoms with van der Waals surface area (Å²) in [6, 6.07) is 13.4. The van der Waals surface area contributed by atoms with Crippen molar-refractivity contribution in [2.45, 2.75) is 103 Å². The van der Waals surface area contributed by atoms with Crippen LogP contribution in [0, 0.1) is 0 Å². The molecule has 0 aliphatic carbocycles. The van der Waals surface area contributed by atoms with Crippen LogP contribution in [0.15, 0.2) is 54.6 Å². The van der Waals surface area contributed by atoms with E-state index < -0.39 is 17.7 Å². The Morgan fingerprint density at radius 3 is 1.67 bits per heavy atom. The quantitative estimate of drug-likeness (QED) is 0.117. The summed E-state index contributed by atoms with van der Waals surface area (Å²) in [6.45, 7) is 2.24. The van der Waals surface area contributed by atoms with Gasteiger partial charge in [0.15, 0.2) is 0 Å². The number of para-hydroxylation sites is 1. The number of aliphatic carboxylic acids is 1. The third kappa shape index (κ3) is 12.3. The minimum Gasteiger partial charge on any atom is -0.476 e. The summed E-state index contributed by atoms with van der Waals surface area (Å²) >= 11 is 0. The molecule has 0 saturated heterocycles. The first kappa shape index (κ1) is 31.8. The highest BCUT2D eigenvalue weighted by Gasteiger charge is 2.50. The minimum absolute atomic E-state index is 0.0974. The predicted molar refractivity (Wildman–Crippen MR) is 153 cm³/mol. The number of benzene rings is 2. The average molecular weight is 543 g/mol. The van der Waals surface area contributed by atoms with E-state index in [9.17, 15) is 23.9 Å². The number of hydrogen-bond donors (Lipinski definition) is 3. The van der Waals surface area contributed by atoms with Crippen LogP contribution in [0.2, 0.25) is 0 Å². The monoisotopic (exact) mass is 542 g/mol. The average Bonchev–Trinajstić information content (AvgIpc) is 2.92. The lowest BCUT2D eigenvalue weighted by molar-refractivity contribution is -0.178. The van der Waals surface area contributed by atoms with Crippen LogP contribution < -0.4 is 15.4 Å². The van der Waals surface area contributed by atoms with Gasteiger partial charge < -0.3 is 20.5 Å². The fourth-order valence-corrected chi connectivity index (χ4v) is 4.21. The lowest BCUT2D eigenvalue weighted by atomic mass is 10.0. The number of anilines is 2. The number of carbonyl (C=O) groups is 3. The van der Waals surface area contributed by atoms with Gasteiger partial charge in [0.2, 0.25) is 5.91 Å². The molecule has 0 radical (unpaired) electrons. The molecular weight excluding hydrogens is 499 g/mol. The van der Waals surface area contributed by atoms with E-state index in [2.05, 4.69) is 17.6 Å². The zero-order chi connectivity index (χ0) is 28.3. The van der Waals surface area contributed by atoms with Crippen molar-refractivity contribution in [2.24, 2.45) is 0 Å². The Morgan fingerprint density at radius 1 is 0.718 bits per heavy atom. The van der Waals surface area contributed by atoms with Crippen LogP contribution in [0.5, 0.6) is 5.75 Å². The van der Waals surface area contributed by atoms with E-state index in [1.165, 1.54) is 101 Å². The summed E-state index contributed by atoms with van der Waals surface area (Å²) < 4.78 is 19.8. The molecule has 7 nitrogen and oxygen atoms in total. The zero-order valence-electron chi connectivity index (χ0n) is 23.1. The third-order valence-electron chi connectivity index (χ3n) is 6.50. The normalized spacial score (nSPS) is 12.4. The number of alkyl halides is 1. The van der Waals surface area contributed by atoms with Crippen molar-refractivity contribution in [2.75, 3.05) is 10.6 Å². The summed E-state index contributed by atoms with van der Waals surface area (Å²) in [6.07, 6.45) is 16.6. The summed E-state index contributed by atoms with van der Waals surface area (Å²) in [5.41, 5.74) is 0.687. The van der Waals surface area contributed by atoms with E-state index >= 15 is 0 Å². The third-order valence-corrected chi connectivity index (χ3v) is 6.50. The molecule has 8 heteroatoms. The second-order valence-electron chi connectivity index (χ2n) is 9.89. The van der Waals surface area contributed by atoms with E-state index in [4.69, 9.17) is 4.74 Å². The maximum absolute atomic E-state index is 15.0. The van der Waals surface area contributed by atoms with Crippen LogP contribution in [0.4, 0.5) is 15.8 Å². The van der Waals surface area contributed by atoms with Crippen LogP contribution in [0.3, 0.4) is 0 Å². The van der Waals surface area contributed by atoms with Crippen LogP contribution in [0.25, 0.3) is 0 Å². The number of ether oxygens (including phenoxy) is 1. The molecule has 2 rings (SSSR count).